The molecule has 138 valence electrons. The van der Waals surface area contributed by atoms with E-state index in [1.54, 1.807) is 12.1 Å². The molecule has 1 saturated heterocycles. The second kappa shape index (κ2) is 6.89. The van der Waals surface area contributed by atoms with Crippen LogP contribution < -0.4 is 15.0 Å². The molecule has 1 fully saturated rings. The maximum Gasteiger partial charge on any atom is 0.206 e. The zero-order valence-electron chi connectivity index (χ0n) is 14.3. The van der Waals surface area contributed by atoms with E-state index < -0.39 is 15.7 Å². The Morgan fingerprint density at radius 2 is 1.85 bits per heavy atom. The Kier molecular flexibility index (Phi) is 4.58. The van der Waals surface area contributed by atoms with Gasteiger partial charge in [-0.15, -0.1) is 0 Å². The van der Waals surface area contributed by atoms with Crippen molar-refractivity contribution >= 4 is 15.5 Å². The number of nitrogens with zero attached hydrogens (tertiary/aromatic N) is 1. The van der Waals surface area contributed by atoms with Crippen LogP contribution >= 0.6 is 0 Å². The van der Waals surface area contributed by atoms with E-state index in [0.717, 1.165) is 44.2 Å². The Labute approximate surface area is 152 Å². The van der Waals surface area contributed by atoms with Crippen molar-refractivity contribution in [3.63, 3.8) is 0 Å². The Morgan fingerprint density at radius 3 is 2.62 bits per heavy atom. The molecule has 2 aromatic rings. The molecule has 0 spiro atoms. The van der Waals surface area contributed by atoms with Crippen molar-refractivity contribution < 1.29 is 17.5 Å². The summed E-state index contributed by atoms with van der Waals surface area (Å²) in [5.41, 5.74) is 0.932. The highest BCUT2D eigenvalue weighted by atomic mass is 32.2. The standard InChI is InChI=1S/C19H21FN2O3S/c20-14-2-1-3-16(12-14)26(23,24)17-4-5-18-19(13-17)25-11-10-22(18)15-6-8-21-9-7-15/h1-5,12-13,15,21H,6-11H2. The second-order valence-electron chi connectivity index (χ2n) is 6.61. The molecule has 2 aromatic carbocycles. The maximum absolute atomic E-state index is 13.4. The van der Waals surface area contributed by atoms with Gasteiger partial charge in [-0.05, 0) is 56.3 Å². The topological polar surface area (TPSA) is 58.6 Å². The van der Waals surface area contributed by atoms with Crippen molar-refractivity contribution in [1.29, 1.82) is 0 Å². The van der Waals surface area contributed by atoms with Gasteiger partial charge in [0.25, 0.3) is 0 Å². The van der Waals surface area contributed by atoms with Gasteiger partial charge in [-0.1, -0.05) is 6.07 Å². The molecular weight excluding hydrogens is 355 g/mol. The molecule has 0 amide bonds. The zero-order chi connectivity index (χ0) is 18.1. The first-order valence-corrected chi connectivity index (χ1v) is 10.3. The minimum atomic E-state index is -3.79. The lowest BCUT2D eigenvalue weighted by atomic mass is 10.0. The highest BCUT2D eigenvalue weighted by Gasteiger charge is 2.28. The van der Waals surface area contributed by atoms with Crippen LogP contribution in [0.3, 0.4) is 0 Å². The molecule has 0 aromatic heterocycles. The maximum atomic E-state index is 13.4. The first kappa shape index (κ1) is 17.3. The van der Waals surface area contributed by atoms with Crippen LogP contribution in [-0.4, -0.2) is 40.7 Å². The van der Waals surface area contributed by atoms with Crippen LogP contribution in [0.15, 0.2) is 52.3 Å². The van der Waals surface area contributed by atoms with Gasteiger partial charge in [-0.3, -0.25) is 0 Å². The van der Waals surface area contributed by atoms with Gasteiger partial charge in [-0.25, -0.2) is 12.8 Å². The summed E-state index contributed by atoms with van der Waals surface area (Å²) in [5.74, 6) is 0.00429. The van der Waals surface area contributed by atoms with E-state index in [0.29, 0.717) is 18.4 Å². The molecule has 2 aliphatic rings. The third-order valence-electron chi connectivity index (χ3n) is 5.00. The van der Waals surface area contributed by atoms with E-state index in [4.69, 9.17) is 4.74 Å². The molecule has 1 N–H and O–H groups in total. The molecule has 4 rings (SSSR count). The summed E-state index contributed by atoms with van der Waals surface area (Å²) < 4.78 is 44.8. The first-order valence-electron chi connectivity index (χ1n) is 8.80. The van der Waals surface area contributed by atoms with Gasteiger partial charge in [0, 0.05) is 12.1 Å². The molecule has 0 atom stereocenters. The fourth-order valence-electron chi connectivity index (χ4n) is 3.66. The number of halogens is 1. The molecule has 0 aliphatic carbocycles. The Balaban J connectivity index is 1.68. The number of anilines is 1. The van der Waals surface area contributed by atoms with E-state index in [1.807, 2.05) is 6.07 Å². The molecule has 26 heavy (non-hydrogen) atoms. The highest BCUT2D eigenvalue weighted by molar-refractivity contribution is 7.91. The largest absolute Gasteiger partial charge is 0.490 e. The number of rotatable bonds is 3. The highest BCUT2D eigenvalue weighted by Crippen LogP contribution is 2.37. The smallest absolute Gasteiger partial charge is 0.206 e. The Hall–Kier alpha value is -2.12. The molecule has 0 radical (unpaired) electrons. The van der Waals surface area contributed by atoms with Gasteiger partial charge in [0.05, 0.1) is 22.0 Å². The number of ether oxygens (including phenoxy) is 1. The lowest BCUT2D eigenvalue weighted by Gasteiger charge is -2.39. The monoisotopic (exact) mass is 376 g/mol. The van der Waals surface area contributed by atoms with Crippen LogP contribution in [0.5, 0.6) is 5.75 Å². The molecular formula is C19H21FN2O3S. The van der Waals surface area contributed by atoms with Crippen LogP contribution in [0.4, 0.5) is 10.1 Å². The first-order chi connectivity index (χ1) is 12.6. The molecule has 2 heterocycles. The summed E-state index contributed by atoms with van der Waals surface area (Å²) in [4.78, 5) is 2.38. The van der Waals surface area contributed by atoms with Crippen LogP contribution in [0.2, 0.25) is 0 Å². The van der Waals surface area contributed by atoms with Crippen molar-refractivity contribution in [1.82, 2.24) is 5.32 Å². The van der Waals surface area contributed by atoms with Crippen molar-refractivity contribution in [2.45, 2.75) is 28.7 Å². The third-order valence-corrected chi connectivity index (χ3v) is 6.75. The lowest BCUT2D eigenvalue weighted by Crippen LogP contribution is -2.46. The normalized spacial score (nSPS) is 18.3. The number of nitrogens with one attached hydrogen (secondary N) is 1. The Morgan fingerprint density at radius 1 is 1.08 bits per heavy atom. The van der Waals surface area contributed by atoms with Crippen LogP contribution in [0, 0.1) is 5.82 Å². The molecule has 7 heteroatoms. The van der Waals surface area contributed by atoms with Crippen molar-refractivity contribution in [3.8, 4) is 5.75 Å². The molecule has 0 bridgehead atoms. The van der Waals surface area contributed by atoms with E-state index in [9.17, 15) is 12.8 Å². The van der Waals surface area contributed by atoms with Gasteiger partial charge < -0.3 is 15.0 Å². The van der Waals surface area contributed by atoms with Gasteiger partial charge >= 0.3 is 0 Å². The molecule has 2 aliphatic heterocycles. The van der Waals surface area contributed by atoms with E-state index in [-0.39, 0.29) is 9.79 Å². The SMILES string of the molecule is O=S(=O)(c1cccc(F)c1)c1ccc2c(c1)OCCN2C1CCNCC1. The second-order valence-corrected chi connectivity index (χ2v) is 8.56. The fraction of sp³-hybridized carbons (Fsp3) is 0.368. The number of fused-ring (bicyclic) bond motifs is 1. The van der Waals surface area contributed by atoms with Gasteiger partial charge in [0.15, 0.2) is 0 Å². The van der Waals surface area contributed by atoms with Crippen molar-refractivity contribution in [2.24, 2.45) is 0 Å². The van der Waals surface area contributed by atoms with Crippen LogP contribution in [0.1, 0.15) is 12.8 Å². The molecule has 0 unspecified atom stereocenters. The summed E-state index contributed by atoms with van der Waals surface area (Å²) in [6.45, 7) is 3.31. The van der Waals surface area contributed by atoms with E-state index in [1.165, 1.54) is 18.2 Å². The fourth-order valence-corrected chi connectivity index (χ4v) is 4.96. The number of sulfone groups is 1. The average molecular weight is 376 g/mol. The van der Waals surface area contributed by atoms with Crippen molar-refractivity contribution in [2.75, 3.05) is 31.1 Å². The van der Waals surface area contributed by atoms with Gasteiger partial charge in [0.2, 0.25) is 9.84 Å². The minimum Gasteiger partial charge on any atom is -0.490 e. The summed E-state index contributed by atoms with van der Waals surface area (Å²) in [6.07, 6.45) is 2.12. The minimum absolute atomic E-state index is 0.0523. The number of hydrogen-bond acceptors (Lipinski definition) is 5. The number of benzene rings is 2. The summed E-state index contributed by atoms with van der Waals surface area (Å²) in [7, 11) is -3.79. The third kappa shape index (κ3) is 3.17. The summed E-state index contributed by atoms with van der Waals surface area (Å²) >= 11 is 0. The number of piperidine rings is 1. The van der Waals surface area contributed by atoms with Gasteiger partial charge in [-0.2, -0.15) is 0 Å². The summed E-state index contributed by atoms with van der Waals surface area (Å²) in [6, 6.07) is 10.5. The quantitative estimate of drug-likeness (QED) is 0.892. The van der Waals surface area contributed by atoms with Gasteiger partial charge in [0.1, 0.15) is 18.2 Å². The Bertz CT molecular complexity index is 911. The average Bonchev–Trinajstić information content (AvgIpc) is 2.67. The predicted molar refractivity (Wildman–Crippen MR) is 97.0 cm³/mol. The number of hydrogen-bond donors (Lipinski definition) is 1. The molecule has 0 saturated carbocycles. The lowest BCUT2D eigenvalue weighted by molar-refractivity contribution is 0.290. The van der Waals surface area contributed by atoms with Crippen molar-refractivity contribution in [3.05, 3.63) is 48.3 Å². The van der Waals surface area contributed by atoms with Crippen LogP contribution in [-0.2, 0) is 9.84 Å². The van der Waals surface area contributed by atoms with E-state index in [2.05, 4.69) is 10.2 Å². The zero-order valence-corrected chi connectivity index (χ0v) is 15.1. The van der Waals surface area contributed by atoms with E-state index >= 15 is 0 Å². The predicted octanol–water partition coefficient (Wildman–Crippen LogP) is 2.61. The molecule has 5 nitrogen and oxygen atoms in total. The summed E-state index contributed by atoms with van der Waals surface area (Å²) in [5, 5.41) is 3.36. The van der Waals surface area contributed by atoms with Crippen LogP contribution in [0.25, 0.3) is 0 Å².